The van der Waals surface area contributed by atoms with E-state index in [0.29, 0.717) is 23.7 Å². The number of aryl methyl sites for hydroxylation is 1. The highest BCUT2D eigenvalue weighted by atomic mass is 127. The molecule has 3 aromatic rings. The van der Waals surface area contributed by atoms with E-state index in [-0.39, 0.29) is 6.61 Å². The maximum absolute atomic E-state index is 13.7. The predicted octanol–water partition coefficient (Wildman–Crippen LogP) is 5.17. The summed E-state index contributed by atoms with van der Waals surface area (Å²) >= 11 is 2.30. The Bertz CT molecular complexity index is 1400. The Morgan fingerprint density at radius 2 is 2.08 bits per heavy atom. The first-order valence-electron chi connectivity index (χ1n) is 11.9. The van der Waals surface area contributed by atoms with E-state index in [4.69, 9.17) is 14.3 Å². The van der Waals surface area contributed by atoms with E-state index < -0.39 is 17.5 Å². The molecule has 10 heteroatoms. The number of methoxy groups -OCH3 is 1. The topological polar surface area (TPSA) is 78.2 Å². The summed E-state index contributed by atoms with van der Waals surface area (Å²) in [5.41, 5.74) is 2.53. The summed E-state index contributed by atoms with van der Waals surface area (Å²) in [6.45, 7) is 4.39. The molecule has 0 spiro atoms. The molecule has 0 N–H and O–H groups in total. The summed E-state index contributed by atoms with van der Waals surface area (Å²) in [5.74, 6) is 0.276. The lowest BCUT2D eigenvalue weighted by atomic mass is 9.94. The van der Waals surface area contributed by atoms with Crippen molar-refractivity contribution in [2.75, 3.05) is 20.3 Å². The van der Waals surface area contributed by atoms with Crippen LogP contribution in [-0.2, 0) is 20.1 Å². The van der Waals surface area contributed by atoms with E-state index in [1.165, 1.54) is 24.3 Å². The van der Waals surface area contributed by atoms with Crippen LogP contribution in [0.25, 0.3) is 11.8 Å². The molecule has 5 rings (SSSR count). The first-order valence-corrected chi connectivity index (χ1v) is 13.0. The van der Waals surface area contributed by atoms with Crippen molar-refractivity contribution in [2.24, 2.45) is 5.16 Å². The SMILES string of the molecule is CCOC(=O)C1(c2ccc(F)cc2)ON=C2/C(=C/c3cc(OC)c(-n4cnc(C)c4)cc3I)CCCN21. The van der Waals surface area contributed by atoms with Crippen LogP contribution in [0.3, 0.4) is 0 Å². The summed E-state index contributed by atoms with van der Waals surface area (Å²) in [5, 5.41) is 4.36. The smallest absolute Gasteiger partial charge is 0.380 e. The number of hydrogen-bond acceptors (Lipinski definition) is 7. The van der Waals surface area contributed by atoms with Crippen LogP contribution in [0, 0.1) is 16.3 Å². The van der Waals surface area contributed by atoms with Crippen molar-refractivity contribution in [2.45, 2.75) is 32.4 Å². The van der Waals surface area contributed by atoms with Gasteiger partial charge in [-0.1, -0.05) is 5.16 Å². The normalized spacial score (nSPS) is 19.9. The van der Waals surface area contributed by atoms with Gasteiger partial charge in [-0.3, -0.25) is 0 Å². The van der Waals surface area contributed by atoms with Gasteiger partial charge >= 0.3 is 11.7 Å². The number of carbonyl (C=O) groups is 1. The van der Waals surface area contributed by atoms with E-state index in [0.717, 1.165) is 38.9 Å². The Kier molecular flexibility index (Phi) is 6.93. The monoisotopic (exact) mass is 616 g/mol. The molecule has 8 nitrogen and oxygen atoms in total. The number of piperidine rings is 1. The molecule has 1 atom stereocenters. The molecule has 1 aromatic heterocycles. The second kappa shape index (κ2) is 10.2. The highest BCUT2D eigenvalue weighted by Crippen LogP contribution is 2.42. The molecular weight excluding hydrogens is 590 g/mol. The van der Waals surface area contributed by atoms with Crippen molar-refractivity contribution in [3.8, 4) is 11.4 Å². The van der Waals surface area contributed by atoms with Gasteiger partial charge in [0.2, 0.25) is 0 Å². The minimum absolute atomic E-state index is 0.178. The average molecular weight is 616 g/mol. The maximum atomic E-state index is 13.7. The van der Waals surface area contributed by atoms with Crippen molar-refractivity contribution in [3.05, 3.63) is 80.7 Å². The van der Waals surface area contributed by atoms with Gasteiger partial charge < -0.3 is 23.8 Å². The van der Waals surface area contributed by atoms with Crippen LogP contribution in [0.4, 0.5) is 4.39 Å². The van der Waals surface area contributed by atoms with Crippen LogP contribution in [0.5, 0.6) is 5.75 Å². The predicted molar refractivity (Wildman–Crippen MR) is 145 cm³/mol. The van der Waals surface area contributed by atoms with E-state index in [2.05, 4.69) is 32.7 Å². The molecule has 2 aliphatic heterocycles. The Labute approximate surface area is 227 Å². The minimum atomic E-state index is -1.60. The molecule has 37 heavy (non-hydrogen) atoms. The molecule has 1 unspecified atom stereocenters. The zero-order chi connectivity index (χ0) is 26.2. The number of halogens is 2. The van der Waals surface area contributed by atoms with Gasteiger partial charge in [-0.2, -0.15) is 0 Å². The van der Waals surface area contributed by atoms with Crippen LogP contribution < -0.4 is 4.74 Å². The van der Waals surface area contributed by atoms with Crippen molar-refractivity contribution < 1.29 is 23.5 Å². The largest absolute Gasteiger partial charge is 0.495 e. The second-order valence-corrected chi connectivity index (χ2v) is 9.93. The number of fused-ring (bicyclic) bond motifs is 1. The number of carbonyl (C=O) groups excluding carboxylic acids is 1. The van der Waals surface area contributed by atoms with Crippen LogP contribution >= 0.6 is 22.6 Å². The van der Waals surface area contributed by atoms with Crippen molar-refractivity contribution in [3.63, 3.8) is 0 Å². The number of imidazole rings is 1. The van der Waals surface area contributed by atoms with Gasteiger partial charge in [0.25, 0.3) is 0 Å². The molecule has 0 saturated carbocycles. The summed E-state index contributed by atoms with van der Waals surface area (Å²) in [6.07, 6.45) is 7.28. The van der Waals surface area contributed by atoms with Crippen LogP contribution in [0.2, 0.25) is 0 Å². The quantitative estimate of drug-likeness (QED) is 0.281. The van der Waals surface area contributed by atoms with E-state index in [9.17, 15) is 9.18 Å². The number of aromatic nitrogens is 2. The number of benzene rings is 2. The average Bonchev–Trinajstić information content (AvgIpc) is 3.51. The molecule has 0 bridgehead atoms. The number of esters is 1. The highest BCUT2D eigenvalue weighted by Gasteiger charge is 2.57. The first-order chi connectivity index (χ1) is 17.9. The third kappa shape index (κ3) is 4.47. The molecule has 0 amide bonds. The number of hydrogen-bond donors (Lipinski definition) is 0. The molecule has 2 aromatic carbocycles. The Hall–Kier alpha value is -3.41. The number of ether oxygens (including phenoxy) is 2. The molecule has 192 valence electrons. The molecule has 1 saturated heterocycles. The van der Waals surface area contributed by atoms with Gasteiger partial charge in [0.15, 0.2) is 5.84 Å². The lowest BCUT2D eigenvalue weighted by Crippen LogP contribution is -2.54. The number of amidine groups is 1. The van der Waals surface area contributed by atoms with Gasteiger partial charge in [-0.25, -0.2) is 14.2 Å². The van der Waals surface area contributed by atoms with Gasteiger partial charge in [0, 0.05) is 21.9 Å². The summed E-state index contributed by atoms with van der Waals surface area (Å²) in [7, 11) is 1.64. The Balaban J connectivity index is 1.54. The molecule has 0 aliphatic carbocycles. The fraction of sp³-hybridized carbons (Fsp3) is 0.296. The molecule has 2 aliphatic rings. The standard InChI is InChI=1S/C27H26FIN4O4/c1-4-36-26(34)27(20-7-9-21(28)10-8-20)33-11-5-6-18(25(33)31-37-27)12-19-13-24(35-3)23(14-22(19)29)32-15-17(2)30-16-32/h7-10,12-16H,4-6,11H2,1-3H3/b18-12+. The third-order valence-electron chi connectivity index (χ3n) is 6.42. The van der Waals surface area contributed by atoms with E-state index >= 15 is 0 Å². The van der Waals surface area contributed by atoms with E-state index in [1.54, 1.807) is 20.4 Å². The lowest BCUT2D eigenvalue weighted by Gasteiger charge is -2.37. The second-order valence-electron chi connectivity index (χ2n) is 8.77. The summed E-state index contributed by atoms with van der Waals surface area (Å²) in [4.78, 5) is 25.3. The van der Waals surface area contributed by atoms with Crippen molar-refractivity contribution >= 4 is 40.5 Å². The van der Waals surface area contributed by atoms with Crippen LogP contribution in [0.15, 0.2) is 59.7 Å². The van der Waals surface area contributed by atoms with Gasteiger partial charge in [0.05, 0.1) is 31.4 Å². The third-order valence-corrected chi connectivity index (χ3v) is 7.35. The lowest BCUT2D eigenvalue weighted by molar-refractivity contribution is -0.189. The zero-order valence-corrected chi connectivity index (χ0v) is 22.9. The van der Waals surface area contributed by atoms with Crippen LogP contribution in [0.1, 0.15) is 36.6 Å². The van der Waals surface area contributed by atoms with Gasteiger partial charge in [-0.15, -0.1) is 0 Å². The fourth-order valence-corrected chi connectivity index (χ4v) is 5.29. The van der Waals surface area contributed by atoms with Gasteiger partial charge in [0.1, 0.15) is 11.6 Å². The maximum Gasteiger partial charge on any atom is 0.380 e. The molecule has 1 fully saturated rings. The summed E-state index contributed by atoms with van der Waals surface area (Å²) in [6, 6.07) is 9.70. The number of nitrogens with zero attached hydrogens (tertiary/aromatic N) is 4. The Morgan fingerprint density at radius 1 is 1.30 bits per heavy atom. The number of rotatable bonds is 6. The van der Waals surface area contributed by atoms with Gasteiger partial charge in [-0.05, 0) is 103 Å². The van der Waals surface area contributed by atoms with Crippen molar-refractivity contribution in [1.82, 2.24) is 14.5 Å². The van der Waals surface area contributed by atoms with Crippen LogP contribution in [-0.4, -0.2) is 46.5 Å². The minimum Gasteiger partial charge on any atom is -0.495 e. The molecule has 0 radical (unpaired) electrons. The summed E-state index contributed by atoms with van der Waals surface area (Å²) < 4.78 is 27.7. The first kappa shape index (κ1) is 25.2. The fourth-order valence-electron chi connectivity index (χ4n) is 4.68. The number of oxime groups is 1. The molecular formula is C27H26FIN4O4. The zero-order valence-electron chi connectivity index (χ0n) is 20.7. The van der Waals surface area contributed by atoms with E-state index in [1.807, 2.05) is 40.8 Å². The van der Waals surface area contributed by atoms with Crippen molar-refractivity contribution in [1.29, 1.82) is 0 Å². The molecule has 3 heterocycles. The highest BCUT2D eigenvalue weighted by molar-refractivity contribution is 14.1. The Morgan fingerprint density at radius 3 is 2.76 bits per heavy atom.